The molecule has 2 heterocycles. The summed E-state index contributed by atoms with van der Waals surface area (Å²) in [6.07, 6.45) is 1.76. The van der Waals surface area contributed by atoms with E-state index in [-0.39, 0.29) is 5.43 Å². The molecule has 0 aliphatic heterocycles. The van der Waals surface area contributed by atoms with E-state index in [0.717, 1.165) is 0 Å². The predicted molar refractivity (Wildman–Crippen MR) is 89.4 cm³/mol. The van der Waals surface area contributed by atoms with Gasteiger partial charge in [-0.05, 0) is 19.1 Å². The molecular formula is C14H11Cl2N3OS. The minimum atomic E-state index is -0.149. The number of benzene rings is 1. The van der Waals surface area contributed by atoms with E-state index in [0.29, 0.717) is 43.9 Å². The average molecular weight is 340 g/mol. The molecule has 0 saturated carbocycles. The van der Waals surface area contributed by atoms with Crippen molar-refractivity contribution in [2.45, 2.75) is 13.5 Å². The fourth-order valence-corrected chi connectivity index (χ4v) is 3.46. The number of fused-ring (bicyclic) bond motifs is 1. The number of aryl methyl sites for hydroxylation is 1. The topological polar surface area (TPSA) is 60.9 Å². The summed E-state index contributed by atoms with van der Waals surface area (Å²) in [4.78, 5) is 16.9. The molecule has 0 unspecified atom stereocenters. The Hall–Kier alpha value is -1.56. The molecule has 4 nitrogen and oxygen atoms in total. The van der Waals surface area contributed by atoms with Gasteiger partial charge in [0, 0.05) is 28.5 Å². The van der Waals surface area contributed by atoms with Gasteiger partial charge in [-0.15, -0.1) is 11.3 Å². The van der Waals surface area contributed by atoms with E-state index in [1.807, 2.05) is 11.5 Å². The third kappa shape index (κ3) is 2.41. The first-order valence-electron chi connectivity index (χ1n) is 6.24. The first-order chi connectivity index (χ1) is 10.0. The standard InChI is InChI=1S/C14H11Cl2N3OS/c1-2-19-5-9(11-6-21-14(17)18-11)13(20)8-3-7(15)4-10(16)12(8)19/h3-6H,2H2,1H3,(H2,17,18). The lowest BCUT2D eigenvalue weighted by Crippen LogP contribution is -2.12. The van der Waals surface area contributed by atoms with Gasteiger partial charge >= 0.3 is 0 Å². The van der Waals surface area contributed by atoms with Crippen molar-refractivity contribution in [1.29, 1.82) is 0 Å². The van der Waals surface area contributed by atoms with E-state index >= 15 is 0 Å². The minimum absolute atomic E-state index is 0.149. The summed E-state index contributed by atoms with van der Waals surface area (Å²) in [5.74, 6) is 0. The number of nitrogen functional groups attached to an aromatic ring is 1. The van der Waals surface area contributed by atoms with Crippen LogP contribution in [-0.2, 0) is 6.54 Å². The highest BCUT2D eigenvalue weighted by Crippen LogP contribution is 2.29. The molecule has 108 valence electrons. The fourth-order valence-electron chi connectivity index (χ4n) is 2.30. The SMILES string of the molecule is CCn1cc(-c2csc(N)n2)c(=O)c2cc(Cl)cc(Cl)c21. The third-order valence-electron chi connectivity index (χ3n) is 3.23. The number of nitrogens with zero attached hydrogens (tertiary/aromatic N) is 2. The number of pyridine rings is 1. The molecule has 2 N–H and O–H groups in total. The Bertz CT molecular complexity index is 901. The normalized spacial score (nSPS) is 11.2. The number of nitrogens with two attached hydrogens (primary N) is 1. The highest BCUT2D eigenvalue weighted by molar-refractivity contribution is 7.13. The zero-order chi connectivity index (χ0) is 15.1. The first-order valence-corrected chi connectivity index (χ1v) is 7.88. The van der Waals surface area contributed by atoms with Gasteiger partial charge < -0.3 is 10.3 Å². The highest BCUT2D eigenvalue weighted by Gasteiger charge is 2.15. The molecule has 0 radical (unpaired) electrons. The molecule has 0 aliphatic carbocycles. The van der Waals surface area contributed by atoms with Crippen LogP contribution in [0.5, 0.6) is 0 Å². The summed E-state index contributed by atoms with van der Waals surface area (Å²) in [7, 11) is 0. The second-order valence-electron chi connectivity index (χ2n) is 4.51. The third-order valence-corrected chi connectivity index (χ3v) is 4.41. The molecule has 3 rings (SSSR count). The fraction of sp³-hybridized carbons (Fsp3) is 0.143. The van der Waals surface area contributed by atoms with Gasteiger partial charge in [-0.25, -0.2) is 4.98 Å². The summed E-state index contributed by atoms with van der Waals surface area (Å²) < 4.78 is 1.92. The van der Waals surface area contributed by atoms with Crippen LogP contribution in [0.4, 0.5) is 5.13 Å². The smallest absolute Gasteiger partial charge is 0.198 e. The van der Waals surface area contributed by atoms with Crippen molar-refractivity contribution < 1.29 is 0 Å². The van der Waals surface area contributed by atoms with E-state index in [1.165, 1.54) is 11.3 Å². The Balaban J connectivity index is 2.44. The van der Waals surface area contributed by atoms with E-state index in [4.69, 9.17) is 28.9 Å². The number of hydrogen-bond acceptors (Lipinski definition) is 4. The van der Waals surface area contributed by atoms with Gasteiger partial charge in [0.1, 0.15) is 0 Å². The van der Waals surface area contributed by atoms with Crippen LogP contribution in [0.25, 0.3) is 22.2 Å². The Labute approximate surface area is 134 Å². The van der Waals surface area contributed by atoms with Crippen molar-refractivity contribution >= 4 is 50.6 Å². The van der Waals surface area contributed by atoms with E-state index in [1.54, 1.807) is 23.7 Å². The lowest BCUT2D eigenvalue weighted by atomic mass is 10.1. The van der Waals surface area contributed by atoms with E-state index in [9.17, 15) is 4.79 Å². The number of thiazole rings is 1. The van der Waals surface area contributed by atoms with Crippen LogP contribution in [0, 0.1) is 0 Å². The molecule has 0 atom stereocenters. The summed E-state index contributed by atoms with van der Waals surface area (Å²) in [6.45, 7) is 2.65. The number of anilines is 1. The van der Waals surface area contributed by atoms with E-state index in [2.05, 4.69) is 4.98 Å². The Morgan fingerprint density at radius 2 is 2.14 bits per heavy atom. The van der Waals surface area contributed by atoms with Crippen LogP contribution in [0.1, 0.15) is 6.92 Å². The lowest BCUT2D eigenvalue weighted by Gasteiger charge is -2.12. The Morgan fingerprint density at radius 3 is 2.76 bits per heavy atom. The van der Waals surface area contributed by atoms with E-state index < -0.39 is 0 Å². The summed E-state index contributed by atoms with van der Waals surface area (Å²) in [5.41, 5.74) is 7.25. The van der Waals surface area contributed by atoms with Crippen LogP contribution in [-0.4, -0.2) is 9.55 Å². The number of rotatable bonds is 2. The van der Waals surface area contributed by atoms with Crippen molar-refractivity contribution in [3.8, 4) is 11.3 Å². The molecule has 0 fully saturated rings. The predicted octanol–water partition coefficient (Wildman–Crippen LogP) is 4.03. The van der Waals surface area contributed by atoms with Crippen LogP contribution in [0.15, 0.2) is 28.5 Å². The summed E-state index contributed by atoms with van der Waals surface area (Å²) in [6, 6.07) is 3.27. The molecular weight excluding hydrogens is 329 g/mol. The molecule has 0 spiro atoms. The van der Waals surface area contributed by atoms with Gasteiger partial charge in [0.15, 0.2) is 10.6 Å². The molecule has 3 aromatic rings. The van der Waals surface area contributed by atoms with Crippen molar-refractivity contribution in [3.63, 3.8) is 0 Å². The monoisotopic (exact) mass is 339 g/mol. The number of aromatic nitrogens is 2. The average Bonchev–Trinajstić information content (AvgIpc) is 2.86. The van der Waals surface area contributed by atoms with Gasteiger partial charge in [0.05, 0.1) is 21.8 Å². The largest absolute Gasteiger partial charge is 0.375 e. The lowest BCUT2D eigenvalue weighted by molar-refractivity contribution is 0.789. The maximum atomic E-state index is 12.7. The molecule has 0 aliphatic rings. The maximum Gasteiger partial charge on any atom is 0.198 e. The second kappa shape index (κ2) is 5.33. The molecule has 21 heavy (non-hydrogen) atoms. The first kappa shape index (κ1) is 14.4. The molecule has 7 heteroatoms. The number of halogens is 2. The number of hydrogen-bond donors (Lipinski definition) is 1. The summed E-state index contributed by atoms with van der Waals surface area (Å²) in [5, 5.41) is 3.57. The molecule has 1 aromatic carbocycles. The van der Waals surface area contributed by atoms with Crippen molar-refractivity contribution in [1.82, 2.24) is 9.55 Å². The molecule has 0 saturated heterocycles. The minimum Gasteiger partial charge on any atom is -0.375 e. The van der Waals surface area contributed by atoms with Gasteiger partial charge in [-0.3, -0.25) is 4.79 Å². The molecule has 0 bridgehead atoms. The highest BCUT2D eigenvalue weighted by atomic mass is 35.5. The molecule has 0 amide bonds. The van der Waals surface area contributed by atoms with Gasteiger partial charge in [-0.1, -0.05) is 23.2 Å². The van der Waals surface area contributed by atoms with Crippen LogP contribution in [0.3, 0.4) is 0 Å². The Kier molecular flexibility index (Phi) is 3.65. The van der Waals surface area contributed by atoms with Gasteiger partial charge in [0.2, 0.25) is 0 Å². The van der Waals surface area contributed by atoms with Crippen LogP contribution < -0.4 is 11.2 Å². The summed E-state index contributed by atoms with van der Waals surface area (Å²) >= 11 is 13.6. The maximum absolute atomic E-state index is 12.7. The van der Waals surface area contributed by atoms with Gasteiger partial charge in [0.25, 0.3) is 0 Å². The van der Waals surface area contributed by atoms with Crippen LogP contribution >= 0.6 is 34.5 Å². The van der Waals surface area contributed by atoms with Crippen molar-refractivity contribution in [2.24, 2.45) is 0 Å². The van der Waals surface area contributed by atoms with Crippen molar-refractivity contribution in [2.75, 3.05) is 5.73 Å². The zero-order valence-electron chi connectivity index (χ0n) is 11.1. The van der Waals surface area contributed by atoms with Crippen LogP contribution in [0.2, 0.25) is 10.0 Å². The second-order valence-corrected chi connectivity index (χ2v) is 6.25. The quantitative estimate of drug-likeness (QED) is 0.766. The van der Waals surface area contributed by atoms with Gasteiger partial charge in [-0.2, -0.15) is 0 Å². The molecule has 2 aromatic heterocycles. The van der Waals surface area contributed by atoms with Crippen molar-refractivity contribution in [3.05, 3.63) is 44.0 Å². The Morgan fingerprint density at radius 1 is 1.38 bits per heavy atom. The zero-order valence-corrected chi connectivity index (χ0v) is 13.4.